The van der Waals surface area contributed by atoms with Crippen molar-refractivity contribution in [1.82, 2.24) is 5.32 Å². The summed E-state index contributed by atoms with van der Waals surface area (Å²) in [6.07, 6.45) is 0.456. The number of rotatable bonds is 3. The van der Waals surface area contributed by atoms with Crippen molar-refractivity contribution in [3.05, 3.63) is 35.6 Å². The summed E-state index contributed by atoms with van der Waals surface area (Å²) in [4.78, 5) is 11.8. The van der Waals surface area contributed by atoms with Crippen LogP contribution in [-0.4, -0.2) is 30.3 Å². The highest BCUT2D eigenvalue weighted by Gasteiger charge is 2.47. The van der Waals surface area contributed by atoms with E-state index in [1.165, 1.54) is 19.2 Å². The number of carbonyl (C=O) groups is 1. The van der Waals surface area contributed by atoms with Gasteiger partial charge in [0.25, 0.3) is 0 Å². The summed E-state index contributed by atoms with van der Waals surface area (Å²) in [5.74, 6) is -0.849. The van der Waals surface area contributed by atoms with Gasteiger partial charge in [0, 0.05) is 18.6 Å². The van der Waals surface area contributed by atoms with E-state index >= 15 is 0 Å². The first-order chi connectivity index (χ1) is 9.00. The number of hydrogen-bond donors (Lipinski definition) is 2. The van der Waals surface area contributed by atoms with E-state index in [9.17, 15) is 14.3 Å². The molecule has 4 nitrogen and oxygen atoms in total. The van der Waals surface area contributed by atoms with Gasteiger partial charge in [-0.2, -0.15) is 0 Å². The van der Waals surface area contributed by atoms with E-state index in [4.69, 9.17) is 4.74 Å². The Kier molecular flexibility index (Phi) is 3.87. The predicted octanol–water partition coefficient (Wildman–Crippen LogP) is 1.40. The van der Waals surface area contributed by atoms with Gasteiger partial charge < -0.3 is 9.84 Å². The maximum Gasteiger partial charge on any atom is 0.325 e. The number of carbonyl (C=O) groups excluding carboxylic acids is 1. The molecular formula is C14H18FNO3. The molecule has 0 aliphatic carbocycles. The standard InChI is InChI=1S/C14H18FNO3/c1-14(13(18)19-2)7-10(8-17)12(16-14)9-4-3-5-11(15)6-9/h3-6,10,12,16-17H,7-8H2,1-2H3/t10-,12-,14-/m1/s1. The Labute approximate surface area is 111 Å². The van der Waals surface area contributed by atoms with Crippen molar-refractivity contribution in [3.8, 4) is 0 Å². The second kappa shape index (κ2) is 5.27. The van der Waals surface area contributed by atoms with Gasteiger partial charge in [0.15, 0.2) is 0 Å². The van der Waals surface area contributed by atoms with Gasteiger partial charge in [0.05, 0.1) is 7.11 Å². The van der Waals surface area contributed by atoms with E-state index in [0.29, 0.717) is 6.42 Å². The summed E-state index contributed by atoms with van der Waals surface area (Å²) in [5, 5.41) is 12.6. The maximum atomic E-state index is 13.3. The van der Waals surface area contributed by atoms with Crippen LogP contribution in [-0.2, 0) is 9.53 Å². The number of methoxy groups -OCH3 is 1. The third kappa shape index (κ3) is 2.62. The molecule has 0 spiro atoms. The normalized spacial score (nSPS) is 30.3. The minimum atomic E-state index is -0.848. The zero-order chi connectivity index (χ0) is 14.0. The van der Waals surface area contributed by atoms with Crippen LogP contribution in [0, 0.1) is 11.7 Å². The number of halogens is 1. The third-order valence-corrected chi connectivity index (χ3v) is 3.69. The minimum Gasteiger partial charge on any atom is -0.468 e. The Morgan fingerprint density at radius 3 is 2.95 bits per heavy atom. The van der Waals surface area contributed by atoms with Gasteiger partial charge in [-0.15, -0.1) is 0 Å². The molecule has 3 atom stereocenters. The van der Waals surface area contributed by atoms with E-state index in [1.807, 2.05) is 0 Å². The van der Waals surface area contributed by atoms with Crippen molar-refractivity contribution < 1.29 is 19.0 Å². The van der Waals surface area contributed by atoms with Gasteiger partial charge in [0.1, 0.15) is 11.4 Å². The molecule has 0 unspecified atom stereocenters. The van der Waals surface area contributed by atoms with Crippen molar-refractivity contribution in [2.75, 3.05) is 13.7 Å². The van der Waals surface area contributed by atoms with Gasteiger partial charge in [-0.3, -0.25) is 10.1 Å². The first kappa shape index (κ1) is 14.0. The molecule has 1 aliphatic heterocycles. The summed E-state index contributed by atoms with van der Waals surface area (Å²) in [5.41, 5.74) is -0.120. The molecule has 1 aliphatic rings. The van der Waals surface area contributed by atoms with Crippen LogP contribution >= 0.6 is 0 Å². The predicted molar refractivity (Wildman–Crippen MR) is 67.9 cm³/mol. The number of hydrogen-bond acceptors (Lipinski definition) is 4. The molecule has 1 aromatic carbocycles. The smallest absolute Gasteiger partial charge is 0.325 e. The Morgan fingerprint density at radius 2 is 2.37 bits per heavy atom. The fourth-order valence-corrected chi connectivity index (χ4v) is 2.76. The molecule has 0 aromatic heterocycles. The number of benzene rings is 1. The minimum absolute atomic E-state index is 0.0687. The molecule has 1 fully saturated rings. The highest BCUT2D eigenvalue weighted by atomic mass is 19.1. The lowest BCUT2D eigenvalue weighted by atomic mass is 9.91. The van der Waals surface area contributed by atoms with Crippen LogP contribution in [0.5, 0.6) is 0 Å². The second-order valence-electron chi connectivity index (χ2n) is 5.15. The first-order valence-electron chi connectivity index (χ1n) is 6.22. The molecular weight excluding hydrogens is 249 g/mol. The quantitative estimate of drug-likeness (QED) is 0.813. The van der Waals surface area contributed by atoms with Crippen LogP contribution in [0.3, 0.4) is 0 Å². The lowest BCUT2D eigenvalue weighted by Gasteiger charge is -2.22. The summed E-state index contributed by atoms with van der Waals surface area (Å²) < 4.78 is 18.1. The summed E-state index contributed by atoms with van der Waals surface area (Å²) in [6, 6.07) is 5.93. The largest absolute Gasteiger partial charge is 0.468 e. The zero-order valence-electron chi connectivity index (χ0n) is 11.0. The van der Waals surface area contributed by atoms with E-state index in [2.05, 4.69) is 5.32 Å². The number of nitrogens with one attached hydrogen (secondary N) is 1. The summed E-state index contributed by atoms with van der Waals surface area (Å²) in [6.45, 7) is 1.67. The van der Waals surface area contributed by atoms with Crippen molar-refractivity contribution in [2.24, 2.45) is 5.92 Å². The van der Waals surface area contributed by atoms with Crippen molar-refractivity contribution in [1.29, 1.82) is 0 Å². The number of ether oxygens (including phenoxy) is 1. The zero-order valence-corrected chi connectivity index (χ0v) is 11.0. The van der Waals surface area contributed by atoms with Crippen LogP contribution in [0.25, 0.3) is 0 Å². The maximum absolute atomic E-state index is 13.3. The molecule has 1 heterocycles. The Bertz CT molecular complexity index is 480. The van der Waals surface area contributed by atoms with Crippen molar-refractivity contribution in [2.45, 2.75) is 24.9 Å². The molecule has 0 saturated carbocycles. The molecule has 2 rings (SSSR count). The summed E-state index contributed by atoms with van der Waals surface area (Å²) in [7, 11) is 1.33. The topological polar surface area (TPSA) is 58.6 Å². The number of esters is 1. The Morgan fingerprint density at radius 1 is 1.63 bits per heavy atom. The molecule has 2 N–H and O–H groups in total. The number of aliphatic hydroxyl groups excluding tert-OH is 1. The van der Waals surface area contributed by atoms with E-state index in [-0.39, 0.29) is 30.4 Å². The van der Waals surface area contributed by atoms with E-state index < -0.39 is 5.54 Å². The lowest BCUT2D eigenvalue weighted by Crippen LogP contribution is -2.45. The molecule has 1 aromatic rings. The Hall–Kier alpha value is -1.46. The van der Waals surface area contributed by atoms with Crippen molar-refractivity contribution in [3.63, 3.8) is 0 Å². The highest BCUT2D eigenvalue weighted by Crippen LogP contribution is 2.38. The average Bonchev–Trinajstić information content (AvgIpc) is 2.76. The van der Waals surface area contributed by atoms with Crippen molar-refractivity contribution >= 4 is 5.97 Å². The van der Waals surface area contributed by atoms with Crippen LogP contribution in [0.4, 0.5) is 4.39 Å². The third-order valence-electron chi connectivity index (χ3n) is 3.69. The van der Waals surface area contributed by atoms with Crippen LogP contribution < -0.4 is 5.32 Å². The molecule has 5 heteroatoms. The number of aliphatic hydroxyl groups is 1. The van der Waals surface area contributed by atoms with Gasteiger partial charge >= 0.3 is 5.97 Å². The van der Waals surface area contributed by atoms with E-state index in [0.717, 1.165) is 5.56 Å². The highest BCUT2D eigenvalue weighted by molar-refractivity contribution is 5.80. The van der Waals surface area contributed by atoms with Gasteiger partial charge in [-0.1, -0.05) is 12.1 Å². The van der Waals surface area contributed by atoms with Crippen LogP contribution in [0.15, 0.2) is 24.3 Å². The summed E-state index contributed by atoms with van der Waals surface area (Å²) >= 11 is 0. The van der Waals surface area contributed by atoms with Crippen LogP contribution in [0.1, 0.15) is 24.9 Å². The fourth-order valence-electron chi connectivity index (χ4n) is 2.76. The molecule has 19 heavy (non-hydrogen) atoms. The van der Waals surface area contributed by atoms with Crippen LogP contribution in [0.2, 0.25) is 0 Å². The van der Waals surface area contributed by atoms with Gasteiger partial charge in [-0.05, 0) is 31.0 Å². The Balaban J connectivity index is 2.28. The van der Waals surface area contributed by atoms with Gasteiger partial charge in [-0.25, -0.2) is 4.39 Å². The molecule has 104 valence electrons. The monoisotopic (exact) mass is 267 g/mol. The molecule has 0 amide bonds. The average molecular weight is 267 g/mol. The fraction of sp³-hybridized carbons (Fsp3) is 0.500. The lowest BCUT2D eigenvalue weighted by molar-refractivity contribution is -0.147. The SMILES string of the molecule is COC(=O)[C@@]1(C)C[C@H](CO)[C@@H](c2cccc(F)c2)N1. The van der Waals surface area contributed by atoms with Gasteiger partial charge in [0.2, 0.25) is 0 Å². The molecule has 0 radical (unpaired) electrons. The van der Waals surface area contributed by atoms with E-state index in [1.54, 1.807) is 19.1 Å². The molecule has 1 saturated heterocycles. The first-order valence-corrected chi connectivity index (χ1v) is 6.22. The second-order valence-corrected chi connectivity index (χ2v) is 5.15. The molecule has 0 bridgehead atoms.